The van der Waals surface area contributed by atoms with Crippen molar-refractivity contribution in [3.8, 4) is 0 Å². The van der Waals surface area contributed by atoms with Crippen molar-refractivity contribution >= 4 is 0 Å². The predicted octanol–water partition coefficient (Wildman–Crippen LogP) is 8.35. The summed E-state index contributed by atoms with van der Waals surface area (Å²) in [5.74, 6) is 6.86. The SMILES string of the molecule is CCC1(C)C(C)CCC2C1CCC1(C)C(C(C)CCCC(C)C)CCC21. The Hall–Kier alpha value is 0. The zero-order valence-corrected chi connectivity index (χ0v) is 19.1. The smallest absolute Gasteiger partial charge is 0.0264 e. The Labute approximate surface area is 165 Å². The van der Waals surface area contributed by atoms with E-state index in [2.05, 4.69) is 48.5 Å². The summed E-state index contributed by atoms with van der Waals surface area (Å²) < 4.78 is 0. The summed E-state index contributed by atoms with van der Waals surface area (Å²) in [7, 11) is 0. The standard InChI is InChI=1S/C26H48/c1-8-25(6)20(5)12-13-21-23-15-14-22(19(4)11-9-10-18(2)3)26(23,7)17-16-24(21)25/h18-24H,8-17H2,1-7H3. The van der Waals surface area contributed by atoms with Gasteiger partial charge in [0.1, 0.15) is 0 Å². The van der Waals surface area contributed by atoms with Gasteiger partial charge in [-0.05, 0) is 90.8 Å². The van der Waals surface area contributed by atoms with E-state index in [0.29, 0.717) is 10.8 Å². The second kappa shape index (κ2) is 7.79. The molecule has 0 bridgehead atoms. The molecule has 3 rings (SSSR count). The number of fused-ring (bicyclic) bond motifs is 3. The Balaban J connectivity index is 1.71. The van der Waals surface area contributed by atoms with Crippen LogP contribution in [0.2, 0.25) is 0 Å². The van der Waals surface area contributed by atoms with Gasteiger partial charge in [-0.2, -0.15) is 0 Å². The van der Waals surface area contributed by atoms with E-state index in [4.69, 9.17) is 0 Å². The molecule has 3 aliphatic carbocycles. The molecule has 3 aliphatic rings. The van der Waals surface area contributed by atoms with Crippen LogP contribution >= 0.6 is 0 Å². The topological polar surface area (TPSA) is 0 Å². The minimum absolute atomic E-state index is 0.616. The molecule has 0 radical (unpaired) electrons. The molecule has 0 aromatic heterocycles. The predicted molar refractivity (Wildman–Crippen MR) is 115 cm³/mol. The highest BCUT2D eigenvalue weighted by molar-refractivity contribution is 5.08. The van der Waals surface area contributed by atoms with Gasteiger partial charge >= 0.3 is 0 Å². The van der Waals surface area contributed by atoms with Crippen molar-refractivity contribution in [2.24, 2.45) is 52.3 Å². The van der Waals surface area contributed by atoms with Crippen molar-refractivity contribution in [3.05, 3.63) is 0 Å². The van der Waals surface area contributed by atoms with E-state index in [1.54, 1.807) is 6.42 Å². The van der Waals surface area contributed by atoms with Gasteiger partial charge in [0.25, 0.3) is 0 Å². The lowest BCUT2D eigenvalue weighted by Crippen LogP contribution is -2.51. The van der Waals surface area contributed by atoms with Crippen LogP contribution in [0.25, 0.3) is 0 Å². The highest BCUT2D eigenvalue weighted by Crippen LogP contribution is 2.67. The molecule has 3 saturated carbocycles. The number of hydrogen-bond donors (Lipinski definition) is 0. The molecular weight excluding hydrogens is 312 g/mol. The van der Waals surface area contributed by atoms with Gasteiger partial charge in [0.15, 0.2) is 0 Å². The largest absolute Gasteiger partial charge is 0.0648 e. The van der Waals surface area contributed by atoms with E-state index in [1.807, 2.05) is 0 Å². The van der Waals surface area contributed by atoms with Crippen LogP contribution in [0.5, 0.6) is 0 Å². The fraction of sp³-hybridized carbons (Fsp3) is 1.00. The lowest BCUT2D eigenvalue weighted by atomic mass is 9.46. The number of rotatable bonds is 6. The highest BCUT2D eigenvalue weighted by Gasteiger charge is 2.58. The second-order valence-corrected chi connectivity index (χ2v) is 11.7. The average Bonchev–Trinajstić information content (AvgIpc) is 2.95. The van der Waals surface area contributed by atoms with Crippen LogP contribution in [0, 0.1) is 52.3 Å². The van der Waals surface area contributed by atoms with Gasteiger partial charge < -0.3 is 0 Å². The van der Waals surface area contributed by atoms with Gasteiger partial charge in [-0.25, -0.2) is 0 Å². The van der Waals surface area contributed by atoms with Crippen LogP contribution in [0.1, 0.15) is 113 Å². The van der Waals surface area contributed by atoms with Crippen LogP contribution in [0.15, 0.2) is 0 Å². The zero-order valence-electron chi connectivity index (χ0n) is 19.1. The van der Waals surface area contributed by atoms with E-state index >= 15 is 0 Å². The third-order valence-corrected chi connectivity index (χ3v) is 10.3. The Morgan fingerprint density at radius 1 is 0.885 bits per heavy atom. The molecule has 0 N–H and O–H groups in total. The van der Waals surface area contributed by atoms with Gasteiger partial charge in [-0.1, -0.05) is 74.1 Å². The van der Waals surface area contributed by atoms with Crippen molar-refractivity contribution in [3.63, 3.8) is 0 Å². The van der Waals surface area contributed by atoms with Crippen molar-refractivity contribution < 1.29 is 0 Å². The zero-order chi connectivity index (χ0) is 19.1. The van der Waals surface area contributed by atoms with Crippen molar-refractivity contribution in [2.45, 2.75) is 113 Å². The van der Waals surface area contributed by atoms with Crippen LogP contribution < -0.4 is 0 Å². The van der Waals surface area contributed by atoms with Crippen LogP contribution in [0.3, 0.4) is 0 Å². The third-order valence-electron chi connectivity index (χ3n) is 10.3. The summed E-state index contributed by atoms with van der Waals surface area (Å²) >= 11 is 0. The van der Waals surface area contributed by atoms with Crippen LogP contribution in [-0.2, 0) is 0 Å². The Kier molecular flexibility index (Phi) is 6.21. The van der Waals surface area contributed by atoms with Crippen molar-refractivity contribution in [2.75, 3.05) is 0 Å². The molecule has 0 heteroatoms. The fourth-order valence-electron chi connectivity index (χ4n) is 8.28. The van der Waals surface area contributed by atoms with Crippen molar-refractivity contribution in [1.82, 2.24) is 0 Å². The van der Waals surface area contributed by atoms with Crippen LogP contribution in [0.4, 0.5) is 0 Å². The second-order valence-electron chi connectivity index (χ2n) is 11.7. The molecule has 0 aliphatic heterocycles. The van der Waals surface area contributed by atoms with Crippen LogP contribution in [-0.4, -0.2) is 0 Å². The number of hydrogen-bond acceptors (Lipinski definition) is 0. The van der Waals surface area contributed by atoms with Gasteiger partial charge in [0.05, 0.1) is 0 Å². The normalized spacial score (nSPS) is 46.8. The van der Waals surface area contributed by atoms with Gasteiger partial charge in [-0.3, -0.25) is 0 Å². The Bertz CT molecular complexity index is 465. The van der Waals surface area contributed by atoms with E-state index in [-0.39, 0.29) is 0 Å². The van der Waals surface area contributed by atoms with Crippen molar-refractivity contribution in [1.29, 1.82) is 0 Å². The first-order valence-electron chi connectivity index (χ1n) is 12.2. The molecule has 0 aromatic rings. The fourth-order valence-corrected chi connectivity index (χ4v) is 8.28. The lowest BCUT2D eigenvalue weighted by Gasteiger charge is -2.59. The minimum atomic E-state index is 0.616. The summed E-state index contributed by atoms with van der Waals surface area (Å²) in [6, 6.07) is 0. The molecule has 0 saturated heterocycles. The summed E-state index contributed by atoms with van der Waals surface area (Å²) in [6.07, 6.45) is 14.9. The van der Waals surface area contributed by atoms with E-state index in [9.17, 15) is 0 Å². The van der Waals surface area contributed by atoms with E-state index < -0.39 is 0 Å². The quantitative estimate of drug-likeness (QED) is 0.446. The lowest BCUT2D eigenvalue weighted by molar-refractivity contribution is -0.0980. The summed E-state index contributed by atoms with van der Waals surface area (Å²) in [5, 5.41) is 0. The molecule has 0 heterocycles. The first-order valence-corrected chi connectivity index (χ1v) is 12.2. The van der Waals surface area contributed by atoms with E-state index in [0.717, 1.165) is 41.4 Å². The Morgan fingerprint density at radius 3 is 2.27 bits per heavy atom. The molecule has 8 unspecified atom stereocenters. The molecule has 152 valence electrons. The molecule has 0 aromatic carbocycles. The molecule has 8 atom stereocenters. The molecule has 3 fully saturated rings. The third kappa shape index (κ3) is 3.41. The first kappa shape index (κ1) is 20.7. The summed E-state index contributed by atoms with van der Waals surface area (Å²) in [4.78, 5) is 0. The minimum Gasteiger partial charge on any atom is -0.0648 e. The molecule has 0 spiro atoms. The maximum absolute atomic E-state index is 2.73. The molecule has 26 heavy (non-hydrogen) atoms. The monoisotopic (exact) mass is 360 g/mol. The maximum atomic E-state index is 2.73. The first-order chi connectivity index (χ1) is 12.2. The summed E-state index contributed by atoms with van der Waals surface area (Å²) in [5.41, 5.74) is 1.28. The van der Waals surface area contributed by atoms with E-state index in [1.165, 1.54) is 57.8 Å². The van der Waals surface area contributed by atoms with Gasteiger partial charge in [0.2, 0.25) is 0 Å². The highest BCUT2D eigenvalue weighted by atomic mass is 14.6. The van der Waals surface area contributed by atoms with Gasteiger partial charge in [-0.15, -0.1) is 0 Å². The average molecular weight is 361 g/mol. The summed E-state index contributed by atoms with van der Waals surface area (Å²) in [6.45, 7) is 17.8. The Morgan fingerprint density at radius 2 is 1.62 bits per heavy atom. The van der Waals surface area contributed by atoms with Gasteiger partial charge in [0, 0.05) is 0 Å². The molecular formula is C26H48. The maximum Gasteiger partial charge on any atom is -0.0264 e. The molecule has 0 nitrogen and oxygen atoms in total. The molecule has 0 amide bonds.